The predicted molar refractivity (Wildman–Crippen MR) is 152 cm³/mol. The lowest BCUT2D eigenvalue weighted by atomic mass is 9.75. The highest BCUT2D eigenvalue weighted by Crippen LogP contribution is 2.35. The zero-order valence-corrected chi connectivity index (χ0v) is 23.5. The summed E-state index contributed by atoms with van der Waals surface area (Å²) < 4.78 is 6.21. The van der Waals surface area contributed by atoms with Gasteiger partial charge in [0.05, 0.1) is 6.54 Å². The smallest absolute Gasteiger partial charge is 0.255 e. The lowest BCUT2D eigenvalue weighted by Crippen LogP contribution is -2.46. The number of ether oxygens (including phenoxy) is 1. The van der Waals surface area contributed by atoms with Crippen molar-refractivity contribution in [3.05, 3.63) is 77.4 Å². The summed E-state index contributed by atoms with van der Waals surface area (Å²) in [5, 5.41) is 2.70. The van der Waals surface area contributed by atoms with Gasteiger partial charge in [-0.2, -0.15) is 0 Å². The number of amides is 2. The van der Waals surface area contributed by atoms with Crippen LogP contribution in [-0.4, -0.2) is 47.8 Å². The zero-order chi connectivity index (χ0) is 27.3. The lowest BCUT2D eigenvalue weighted by molar-refractivity contribution is -0.125. The summed E-state index contributed by atoms with van der Waals surface area (Å²) in [5.41, 5.74) is 4.27. The van der Waals surface area contributed by atoms with Crippen LogP contribution < -0.4 is 10.1 Å². The van der Waals surface area contributed by atoms with Crippen LogP contribution in [0.1, 0.15) is 73.5 Å². The number of nitrogens with one attached hydrogen (secondary N) is 1. The number of nitrogens with zero attached hydrogens (tertiary/aromatic N) is 2. The van der Waals surface area contributed by atoms with Crippen molar-refractivity contribution < 1.29 is 14.3 Å². The van der Waals surface area contributed by atoms with E-state index in [1.807, 2.05) is 18.2 Å². The molecule has 6 heteroatoms. The van der Waals surface area contributed by atoms with Crippen LogP contribution in [0.25, 0.3) is 0 Å². The van der Waals surface area contributed by atoms with E-state index in [4.69, 9.17) is 4.74 Å². The number of fused-ring (bicyclic) bond motifs is 1. The van der Waals surface area contributed by atoms with Crippen molar-refractivity contribution in [1.29, 1.82) is 0 Å². The summed E-state index contributed by atoms with van der Waals surface area (Å²) in [4.78, 5) is 29.9. The second-order valence-corrected chi connectivity index (χ2v) is 11.7. The summed E-state index contributed by atoms with van der Waals surface area (Å²) in [5.74, 6) is 1.22. The first kappa shape index (κ1) is 27.9. The molecule has 1 N–H and O–H groups in total. The molecule has 0 aromatic heterocycles. The normalized spacial score (nSPS) is 17.3. The number of allylic oxidation sites excluding steroid dienone is 1. The number of likely N-dealkylation sites (tertiary alicyclic amines) is 1. The van der Waals surface area contributed by atoms with E-state index < -0.39 is 6.04 Å². The van der Waals surface area contributed by atoms with Gasteiger partial charge < -0.3 is 15.0 Å². The van der Waals surface area contributed by atoms with Gasteiger partial charge in [0, 0.05) is 24.7 Å². The molecule has 1 fully saturated rings. The fraction of sp³-hybridized carbons (Fsp3) is 0.500. The minimum Gasteiger partial charge on any atom is -0.489 e. The van der Waals surface area contributed by atoms with E-state index in [0.717, 1.165) is 36.7 Å². The molecule has 0 radical (unpaired) electrons. The number of rotatable bonds is 10. The minimum absolute atomic E-state index is 0.126. The van der Waals surface area contributed by atoms with E-state index in [1.54, 1.807) is 18.0 Å². The molecular formula is C32H43N3O3. The van der Waals surface area contributed by atoms with Gasteiger partial charge in [0.1, 0.15) is 18.4 Å². The summed E-state index contributed by atoms with van der Waals surface area (Å²) in [6.45, 7) is 14.9. The summed E-state index contributed by atoms with van der Waals surface area (Å²) >= 11 is 0. The van der Waals surface area contributed by atoms with Crippen molar-refractivity contribution in [2.24, 2.45) is 11.3 Å². The zero-order valence-electron chi connectivity index (χ0n) is 23.5. The van der Waals surface area contributed by atoms with E-state index in [0.29, 0.717) is 42.7 Å². The van der Waals surface area contributed by atoms with Crippen LogP contribution in [0.4, 0.5) is 0 Å². The Labute approximate surface area is 228 Å². The fourth-order valence-corrected chi connectivity index (χ4v) is 5.70. The van der Waals surface area contributed by atoms with E-state index >= 15 is 0 Å². The maximum atomic E-state index is 13.2. The fourth-order valence-electron chi connectivity index (χ4n) is 5.70. The molecule has 2 aliphatic heterocycles. The van der Waals surface area contributed by atoms with Gasteiger partial charge in [0.15, 0.2) is 0 Å². The number of carbonyl (C=O) groups is 2. The molecule has 0 spiro atoms. The van der Waals surface area contributed by atoms with Crippen LogP contribution in [-0.2, 0) is 24.5 Å². The lowest BCUT2D eigenvalue weighted by Gasteiger charge is -2.38. The number of hydrogen-bond acceptors (Lipinski definition) is 4. The van der Waals surface area contributed by atoms with Crippen molar-refractivity contribution in [3.8, 4) is 5.75 Å². The van der Waals surface area contributed by atoms with Crippen LogP contribution in [0.5, 0.6) is 5.75 Å². The predicted octanol–water partition coefficient (Wildman–Crippen LogP) is 5.56. The van der Waals surface area contributed by atoms with Gasteiger partial charge in [0.25, 0.3) is 5.91 Å². The van der Waals surface area contributed by atoms with E-state index in [9.17, 15) is 9.59 Å². The topological polar surface area (TPSA) is 61.9 Å². The molecule has 38 heavy (non-hydrogen) atoms. The monoisotopic (exact) mass is 517 g/mol. The van der Waals surface area contributed by atoms with Crippen molar-refractivity contribution in [1.82, 2.24) is 15.1 Å². The molecule has 2 aromatic carbocycles. The van der Waals surface area contributed by atoms with Gasteiger partial charge in [-0.1, -0.05) is 57.2 Å². The molecule has 1 unspecified atom stereocenters. The third-order valence-electron chi connectivity index (χ3n) is 8.16. The van der Waals surface area contributed by atoms with Gasteiger partial charge in [-0.3, -0.25) is 14.5 Å². The largest absolute Gasteiger partial charge is 0.489 e. The second-order valence-electron chi connectivity index (χ2n) is 11.7. The van der Waals surface area contributed by atoms with Gasteiger partial charge in [-0.25, -0.2) is 0 Å². The highest BCUT2D eigenvalue weighted by atomic mass is 16.5. The first-order valence-corrected chi connectivity index (χ1v) is 13.9. The highest BCUT2D eigenvalue weighted by Gasteiger charge is 2.37. The number of carbonyl (C=O) groups excluding carboxylic acids is 2. The van der Waals surface area contributed by atoms with Crippen LogP contribution in [0.3, 0.4) is 0 Å². The van der Waals surface area contributed by atoms with Crippen molar-refractivity contribution in [2.75, 3.05) is 20.1 Å². The molecule has 2 aliphatic rings. The molecule has 0 bridgehead atoms. The SMILES string of the molecule is C=CCCC(C(=O)NC)N1Cc2c(OCc3ccc(CN4CCC(C(C)(C)C)CC4)cc3)cccc2C1=O. The van der Waals surface area contributed by atoms with Crippen molar-refractivity contribution >= 4 is 11.8 Å². The molecule has 204 valence electrons. The number of piperidine rings is 1. The third kappa shape index (κ3) is 6.47. The average molecular weight is 518 g/mol. The molecule has 6 nitrogen and oxygen atoms in total. The van der Waals surface area contributed by atoms with Gasteiger partial charge in [-0.05, 0) is 73.4 Å². The Morgan fingerprint density at radius 2 is 1.82 bits per heavy atom. The minimum atomic E-state index is -0.530. The molecule has 2 amide bonds. The Morgan fingerprint density at radius 1 is 1.13 bits per heavy atom. The Bertz CT molecular complexity index is 1130. The molecule has 0 aliphatic carbocycles. The van der Waals surface area contributed by atoms with E-state index in [-0.39, 0.29) is 11.8 Å². The van der Waals surface area contributed by atoms with Crippen LogP contribution in [0.15, 0.2) is 55.1 Å². The van der Waals surface area contributed by atoms with Gasteiger partial charge in [0.2, 0.25) is 5.91 Å². The van der Waals surface area contributed by atoms with Gasteiger partial charge >= 0.3 is 0 Å². The van der Waals surface area contributed by atoms with Crippen molar-refractivity contribution in [3.63, 3.8) is 0 Å². The summed E-state index contributed by atoms with van der Waals surface area (Å²) in [6.07, 6.45) is 5.52. The summed E-state index contributed by atoms with van der Waals surface area (Å²) in [6, 6.07) is 13.7. The molecule has 2 heterocycles. The molecule has 1 saturated heterocycles. The quantitative estimate of drug-likeness (QED) is 0.419. The Kier molecular flexibility index (Phi) is 8.93. The molecule has 1 atom stereocenters. The molecule has 2 aromatic rings. The average Bonchev–Trinajstić information content (AvgIpc) is 3.24. The maximum Gasteiger partial charge on any atom is 0.255 e. The Hall–Kier alpha value is -3.12. The standard InChI is InChI=1S/C32H43N3O3/c1-6-7-10-28(30(36)33-5)35-21-27-26(31(35)37)9-8-11-29(27)38-22-24-14-12-23(13-15-24)20-34-18-16-25(17-19-34)32(2,3)4/h6,8-9,11-15,25,28H,1,7,10,16-22H2,2-5H3,(H,33,36). The molecule has 0 saturated carbocycles. The van der Waals surface area contributed by atoms with Gasteiger partial charge in [-0.15, -0.1) is 6.58 Å². The second kappa shape index (κ2) is 12.2. The Morgan fingerprint density at radius 3 is 2.45 bits per heavy atom. The maximum absolute atomic E-state index is 13.2. The van der Waals surface area contributed by atoms with Crippen LogP contribution in [0.2, 0.25) is 0 Å². The number of benzene rings is 2. The van der Waals surface area contributed by atoms with Crippen molar-refractivity contribution in [2.45, 2.75) is 72.2 Å². The molecular weight excluding hydrogens is 474 g/mol. The Balaban J connectivity index is 1.35. The van der Waals surface area contributed by atoms with E-state index in [2.05, 4.69) is 61.8 Å². The van der Waals surface area contributed by atoms with E-state index in [1.165, 1.54) is 18.4 Å². The first-order valence-electron chi connectivity index (χ1n) is 13.9. The first-order chi connectivity index (χ1) is 18.2. The number of hydrogen-bond donors (Lipinski definition) is 1. The summed E-state index contributed by atoms with van der Waals surface area (Å²) in [7, 11) is 1.60. The molecule has 4 rings (SSSR count). The van der Waals surface area contributed by atoms with Crippen LogP contribution in [0, 0.1) is 11.3 Å². The third-order valence-corrected chi connectivity index (χ3v) is 8.16. The highest BCUT2D eigenvalue weighted by molar-refractivity contribution is 6.01. The number of likely N-dealkylation sites (N-methyl/N-ethyl adjacent to an activating group) is 1. The van der Waals surface area contributed by atoms with Crippen LogP contribution >= 0.6 is 0 Å².